The molecule has 0 bridgehead atoms. The molecule has 2 fully saturated rings. The fourth-order valence-corrected chi connectivity index (χ4v) is 3.85. The van der Waals surface area contributed by atoms with E-state index in [2.05, 4.69) is 10.9 Å². The number of carbonyl (C=O) groups excluding carboxylic acids is 2. The molecule has 3 rings (SSSR count). The van der Waals surface area contributed by atoms with Crippen LogP contribution < -0.4 is 10.9 Å². The average molecular weight is 348 g/mol. The van der Waals surface area contributed by atoms with Gasteiger partial charge in [0.25, 0.3) is 0 Å². The predicted octanol–water partition coefficient (Wildman–Crippen LogP) is 0.540. The summed E-state index contributed by atoms with van der Waals surface area (Å²) in [5.41, 5.74) is 6.93. The fourth-order valence-electron chi connectivity index (χ4n) is 3.85. The van der Waals surface area contributed by atoms with Crippen LogP contribution in [0.15, 0.2) is 24.3 Å². The van der Waals surface area contributed by atoms with E-state index in [0.717, 1.165) is 12.8 Å². The van der Waals surface area contributed by atoms with Gasteiger partial charge in [-0.15, -0.1) is 0 Å². The first-order valence-electron chi connectivity index (χ1n) is 8.71. The summed E-state index contributed by atoms with van der Waals surface area (Å²) in [7, 11) is 3.50. The molecule has 1 aromatic rings. The second-order valence-electron chi connectivity index (χ2n) is 6.99. The van der Waals surface area contributed by atoms with Gasteiger partial charge in [0.2, 0.25) is 11.8 Å². The zero-order valence-electron chi connectivity index (χ0n) is 14.7. The second kappa shape index (κ2) is 7.49. The molecule has 1 aromatic carbocycles. The largest absolute Gasteiger partial charge is 0.348 e. The van der Waals surface area contributed by atoms with E-state index < -0.39 is 0 Å². The smallest absolute Gasteiger partial charge is 0.228 e. The van der Waals surface area contributed by atoms with Crippen LogP contribution in [-0.4, -0.2) is 60.9 Å². The molecule has 2 heterocycles. The van der Waals surface area contributed by atoms with Crippen LogP contribution in [0, 0.1) is 11.7 Å². The molecular formula is C18H25FN4O2. The number of hydrogen-bond donors (Lipinski definition) is 2. The van der Waals surface area contributed by atoms with Crippen LogP contribution in [0.3, 0.4) is 0 Å². The number of likely N-dealkylation sites (tertiary alicyclic amines) is 1. The van der Waals surface area contributed by atoms with Crippen molar-refractivity contribution < 1.29 is 14.0 Å². The fraction of sp³-hybridized carbons (Fsp3) is 0.556. The number of hydrogen-bond acceptors (Lipinski definition) is 4. The van der Waals surface area contributed by atoms with Gasteiger partial charge in [0, 0.05) is 33.2 Å². The molecule has 6 nitrogen and oxygen atoms in total. The summed E-state index contributed by atoms with van der Waals surface area (Å²) in [5, 5.41) is 0. The molecule has 2 amide bonds. The Hall–Kier alpha value is -1.99. The van der Waals surface area contributed by atoms with Gasteiger partial charge in [0.05, 0.1) is 18.4 Å². The number of carbonyl (C=O) groups is 2. The Morgan fingerprint density at radius 2 is 2.16 bits per heavy atom. The number of benzene rings is 1. The Bertz CT molecular complexity index is 652. The number of nitrogens with zero attached hydrogens (tertiary/aromatic N) is 2. The van der Waals surface area contributed by atoms with Gasteiger partial charge in [-0.1, -0.05) is 12.1 Å². The summed E-state index contributed by atoms with van der Waals surface area (Å²) in [5.74, 6) is -0.478. The van der Waals surface area contributed by atoms with Gasteiger partial charge in [-0.3, -0.25) is 20.4 Å². The summed E-state index contributed by atoms with van der Waals surface area (Å²) in [6.07, 6.45) is 1.97. The predicted molar refractivity (Wildman–Crippen MR) is 91.9 cm³/mol. The molecule has 2 aliphatic rings. The normalized spacial score (nSPS) is 26.0. The third-order valence-corrected chi connectivity index (χ3v) is 5.06. The van der Waals surface area contributed by atoms with Gasteiger partial charge in [-0.2, -0.15) is 0 Å². The molecular weight excluding hydrogens is 323 g/mol. The molecule has 2 aliphatic heterocycles. The van der Waals surface area contributed by atoms with Crippen molar-refractivity contribution in [3.8, 4) is 0 Å². The number of halogens is 1. The van der Waals surface area contributed by atoms with Gasteiger partial charge < -0.3 is 9.80 Å². The lowest BCUT2D eigenvalue weighted by Gasteiger charge is -2.32. The van der Waals surface area contributed by atoms with E-state index in [1.165, 1.54) is 12.1 Å². The molecule has 0 saturated carbocycles. The summed E-state index contributed by atoms with van der Waals surface area (Å²) >= 11 is 0. The van der Waals surface area contributed by atoms with E-state index >= 15 is 0 Å². The highest BCUT2D eigenvalue weighted by Gasteiger charge is 2.43. The first-order valence-corrected chi connectivity index (χ1v) is 8.71. The number of hydrazine groups is 1. The maximum atomic E-state index is 13.3. The van der Waals surface area contributed by atoms with E-state index in [9.17, 15) is 14.0 Å². The SMILES string of the molecule is CN(C)C(=O)C1CNNC1C1CCCN1C(=O)Cc1cccc(F)c1. The molecule has 136 valence electrons. The van der Waals surface area contributed by atoms with E-state index in [1.54, 1.807) is 31.1 Å². The van der Waals surface area contributed by atoms with Crippen molar-refractivity contribution in [1.82, 2.24) is 20.7 Å². The quantitative estimate of drug-likeness (QED) is 0.834. The van der Waals surface area contributed by atoms with Crippen molar-refractivity contribution >= 4 is 11.8 Å². The molecule has 0 aromatic heterocycles. The Morgan fingerprint density at radius 3 is 2.88 bits per heavy atom. The van der Waals surface area contributed by atoms with Crippen LogP contribution in [0.4, 0.5) is 4.39 Å². The first kappa shape index (κ1) is 17.8. The van der Waals surface area contributed by atoms with Gasteiger partial charge in [-0.25, -0.2) is 4.39 Å². The molecule has 2 N–H and O–H groups in total. The summed E-state index contributed by atoms with van der Waals surface area (Å²) in [6, 6.07) is 6.03. The molecule has 25 heavy (non-hydrogen) atoms. The maximum Gasteiger partial charge on any atom is 0.228 e. The molecule has 3 atom stereocenters. The minimum absolute atomic E-state index is 0.0159. The zero-order chi connectivity index (χ0) is 18.0. The minimum Gasteiger partial charge on any atom is -0.348 e. The average Bonchev–Trinajstić information content (AvgIpc) is 3.22. The highest BCUT2D eigenvalue weighted by molar-refractivity contribution is 5.81. The van der Waals surface area contributed by atoms with Crippen molar-refractivity contribution in [2.75, 3.05) is 27.2 Å². The van der Waals surface area contributed by atoms with Crippen LogP contribution >= 0.6 is 0 Å². The third-order valence-electron chi connectivity index (χ3n) is 5.06. The minimum atomic E-state index is -0.332. The van der Waals surface area contributed by atoms with Crippen molar-refractivity contribution in [3.63, 3.8) is 0 Å². The number of nitrogens with one attached hydrogen (secondary N) is 2. The van der Waals surface area contributed by atoms with Crippen molar-refractivity contribution in [2.45, 2.75) is 31.3 Å². The van der Waals surface area contributed by atoms with E-state index in [1.807, 2.05) is 4.90 Å². The van der Waals surface area contributed by atoms with Crippen LogP contribution in [-0.2, 0) is 16.0 Å². The highest BCUT2D eigenvalue weighted by atomic mass is 19.1. The lowest BCUT2D eigenvalue weighted by Crippen LogP contribution is -2.53. The van der Waals surface area contributed by atoms with Gasteiger partial charge in [-0.05, 0) is 30.5 Å². The van der Waals surface area contributed by atoms with Crippen molar-refractivity contribution in [1.29, 1.82) is 0 Å². The highest BCUT2D eigenvalue weighted by Crippen LogP contribution is 2.27. The summed E-state index contributed by atoms with van der Waals surface area (Å²) in [6.45, 7) is 1.24. The number of amides is 2. The molecule has 7 heteroatoms. The van der Waals surface area contributed by atoms with Gasteiger partial charge in [0.15, 0.2) is 0 Å². The third kappa shape index (κ3) is 3.82. The topological polar surface area (TPSA) is 64.7 Å². The summed E-state index contributed by atoms with van der Waals surface area (Å²) in [4.78, 5) is 28.6. The number of rotatable bonds is 4. The Labute approximate surface area is 147 Å². The molecule has 0 aliphatic carbocycles. The van der Waals surface area contributed by atoms with Crippen LogP contribution in [0.2, 0.25) is 0 Å². The molecule has 0 spiro atoms. The molecule has 0 radical (unpaired) electrons. The van der Waals surface area contributed by atoms with Crippen molar-refractivity contribution in [3.05, 3.63) is 35.6 Å². The molecule has 2 saturated heterocycles. The maximum absolute atomic E-state index is 13.3. The lowest BCUT2D eigenvalue weighted by atomic mass is 9.92. The Morgan fingerprint density at radius 1 is 1.36 bits per heavy atom. The van der Waals surface area contributed by atoms with E-state index in [4.69, 9.17) is 0 Å². The van der Waals surface area contributed by atoms with Crippen molar-refractivity contribution in [2.24, 2.45) is 5.92 Å². The Balaban J connectivity index is 1.71. The van der Waals surface area contributed by atoms with Crippen LogP contribution in [0.1, 0.15) is 18.4 Å². The summed E-state index contributed by atoms with van der Waals surface area (Å²) < 4.78 is 13.3. The van der Waals surface area contributed by atoms with Crippen LogP contribution in [0.5, 0.6) is 0 Å². The second-order valence-corrected chi connectivity index (χ2v) is 6.99. The van der Waals surface area contributed by atoms with E-state index in [0.29, 0.717) is 18.7 Å². The standard InChI is InChI=1S/C18H25FN4O2/c1-22(2)18(25)14-11-20-21-17(14)15-7-4-8-23(15)16(24)10-12-5-3-6-13(19)9-12/h3,5-6,9,14-15,17,20-21H,4,7-8,10-11H2,1-2H3. The van der Waals surface area contributed by atoms with E-state index in [-0.39, 0.29) is 42.1 Å². The Kier molecular flexibility index (Phi) is 5.34. The van der Waals surface area contributed by atoms with Crippen LogP contribution in [0.25, 0.3) is 0 Å². The van der Waals surface area contributed by atoms with Gasteiger partial charge >= 0.3 is 0 Å². The monoisotopic (exact) mass is 348 g/mol. The lowest BCUT2D eigenvalue weighted by molar-refractivity contribution is -0.136. The van der Waals surface area contributed by atoms with Gasteiger partial charge in [0.1, 0.15) is 5.82 Å². The first-order chi connectivity index (χ1) is 12.0. The zero-order valence-corrected chi connectivity index (χ0v) is 14.7. The molecule has 3 unspecified atom stereocenters.